The summed E-state index contributed by atoms with van der Waals surface area (Å²) in [5.41, 5.74) is 0. The van der Waals surface area contributed by atoms with Crippen LogP contribution in [0.5, 0.6) is 0 Å². The van der Waals surface area contributed by atoms with Crippen molar-refractivity contribution in [2.75, 3.05) is 0 Å². The Hall–Kier alpha value is -1.34. The van der Waals surface area contributed by atoms with Crippen LogP contribution >= 0.6 is 0 Å². The van der Waals surface area contributed by atoms with E-state index in [4.69, 9.17) is 5.11 Å². The molecular weight excluding hydrogens is 382 g/mol. The first kappa shape index (κ1) is 25.7. The third kappa shape index (κ3) is 9.34. The summed E-state index contributed by atoms with van der Waals surface area (Å²) in [6, 6.07) is 0. The number of carboxylic acids is 1. The van der Waals surface area contributed by atoms with Crippen LogP contribution in [0.15, 0.2) is 12.2 Å². The highest BCUT2D eigenvalue weighted by molar-refractivity contribution is 5.85. The first-order valence-corrected chi connectivity index (χ1v) is 10.8. The Morgan fingerprint density at radius 2 is 1.69 bits per heavy atom. The molecule has 4 atom stereocenters. The predicted octanol–water partition coefficient (Wildman–Crippen LogP) is 4.50. The molecule has 168 valence electrons. The molecule has 29 heavy (non-hydrogen) atoms. The van der Waals surface area contributed by atoms with E-state index < -0.39 is 36.3 Å². The lowest BCUT2D eigenvalue weighted by Crippen LogP contribution is -2.30. The maximum absolute atomic E-state index is 13.9. The average molecular weight is 419 g/mol. The second-order valence-corrected chi connectivity index (χ2v) is 8.17. The molecule has 0 bridgehead atoms. The van der Waals surface area contributed by atoms with E-state index in [9.17, 15) is 28.6 Å². The molecule has 0 spiro atoms. The number of aliphatic hydroxyl groups excluding tert-OH is 2. The van der Waals surface area contributed by atoms with Crippen molar-refractivity contribution < 1.29 is 33.7 Å². The summed E-state index contributed by atoms with van der Waals surface area (Å²) in [5, 5.41) is 29.0. The first-order chi connectivity index (χ1) is 13.7. The maximum Gasteiger partial charge on any atom is 0.305 e. The number of alkyl halides is 2. The molecule has 0 aromatic heterocycles. The van der Waals surface area contributed by atoms with E-state index in [1.165, 1.54) is 0 Å². The van der Waals surface area contributed by atoms with Gasteiger partial charge in [0.25, 0.3) is 0 Å². The zero-order valence-electron chi connectivity index (χ0n) is 17.4. The molecule has 1 saturated carbocycles. The molecule has 0 aromatic carbocycles. The van der Waals surface area contributed by atoms with Gasteiger partial charge in [-0.25, -0.2) is 0 Å². The molecule has 1 aliphatic carbocycles. The fraction of sp³-hybridized carbons (Fsp3) is 0.818. The van der Waals surface area contributed by atoms with Crippen LogP contribution in [-0.2, 0) is 9.59 Å². The molecule has 3 N–H and O–H groups in total. The van der Waals surface area contributed by atoms with Crippen molar-refractivity contribution in [1.82, 2.24) is 0 Å². The van der Waals surface area contributed by atoms with Crippen molar-refractivity contribution >= 4 is 11.8 Å². The van der Waals surface area contributed by atoms with Gasteiger partial charge in [-0.05, 0) is 56.8 Å². The fourth-order valence-electron chi connectivity index (χ4n) is 4.01. The molecule has 0 aliphatic heterocycles. The van der Waals surface area contributed by atoms with E-state index in [2.05, 4.69) is 0 Å². The van der Waals surface area contributed by atoms with E-state index in [1.807, 2.05) is 12.2 Å². The van der Waals surface area contributed by atoms with Crippen LogP contribution in [0.25, 0.3) is 0 Å². The topological polar surface area (TPSA) is 94.8 Å². The lowest BCUT2D eigenvalue weighted by Gasteiger charge is -2.23. The van der Waals surface area contributed by atoms with Gasteiger partial charge in [-0.15, -0.1) is 0 Å². The van der Waals surface area contributed by atoms with Gasteiger partial charge >= 0.3 is 11.9 Å². The number of allylic oxidation sites excluding steroid dienone is 2. The molecule has 1 fully saturated rings. The number of hydrogen-bond acceptors (Lipinski definition) is 4. The fourth-order valence-corrected chi connectivity index (χ4v) is 4.01. The zero-order chi connectivity index (χ0) is 21.9. The Labute approximate surface area is 172 Å². The molecule has 0 radical (unpaired) electrons. The maximum atomic E-state index is 13.9. The highest BCUT2D eigenvalue weighted by Gasteiger charge is 2.43. The second kappa shape index (κ2) is 13.1. The Morgan fingerprint density at radius 3 is 2.34 bits per heavy atom. The number of Topliss-reactive ketones (excluding diaryl/α,β-unsaturated/α-hetero) is 1. The highest BCUT2D eigenvalue weighted by atomic mass is 19.3. The van der Waals surface area contributed by atoms with Crippen molar-refractivity contribution in [3.8, 4) is 0 Å². The third-order valence-electron chi connectivity index (χ3n) is 5.81. The van der Waals surface area contributed by atoms with Crippen LogP contribution in [0.1, 0.15) is 84.0 Å². The number of carbonyl (C=O) groups is 2. The van der Waals surface area contributed by atoms with Gasteiger partial charge in [0.05, 0.1) is 12.2 Å². The highest BCUT2D eigenvalue weighted by Crippen LogP contribution is 2.39. The summed E-state index contributed by atoms with van der Waals surface area (Å²) in [6.07, 6.45) is 6.83. The van der Waals surface area contributed by atoms with Gasteiger partial charge in [0.15, 0.2) is 0 Å². The number of halogens is 2. The first-order valence-electron chi connectivity index (χ1n) is 10.8. The SMILES string of the molecule is CCCCC(F)(F)C(=O)CC[C@H]1C(O)CC(O)C1CC=CCCCCCC(=O)O. The van der Waals surface area contributed by atoms with Gasteiger partial charge in [0, 0.05) is 19.3 Å². The largest absolute Gasteiger partial charge is 0.481 e. The monoisotopic (exact) mass is 418 g/mol. The van der Waals surface area contributed by atoms with Gasteiger partial charge < -0.3 is 15.3 Å². The molecule has 5 nitrogen and oxygen atoms in total. The lowest BCUT2D eigenvalue weighted by atomic mass is 9.85. The zero-order valence-corrected chi connectivity index (χ0v) is 17.4. The summed E-state index contributed by atoms with van der Waals surface area (Å²) >= 11 is 0. The minimum Gasteiger partial charge on any atom is -0.481 e. The van der Waals surface area contributed by atoms with E-state index >= 15 is 0 Å². The molecule has 0 amide bonds. The summed E-state index contributed by atoms with van der Waals surface area (Å²) in [5.74, 6) is -5.78. The number of unbranched alkanes of at least 4 members (excludes halogenated alkanes) is 4. The average Bonchev–Trinajstić information content (AvgIpc) is 2.92. The van der Waals surface area contributed by atoms with E-state index in [-0.39, 0.29) is 37.5 Å². The smallest absolute Gasteiger partial charge is 0.305 e. The quantitative estimate of drug-likeness (QED) is 0.269. The molecule has 0 saturated heterocycles. The Bertz CT molecular complexity index is 535. The molecule has 1 aliphatic rings. The normalized spacial score (nSPS) is 25.0. The molecular formula is C22H36F2O5. The van der Waals surface area contributed by atoms with Gasteiger partial charge in [-0.3, -0.25) is 9.59 Å². The number of carbonyl (C=O) groups excluding carboxylic acids is 1. The summed E-state index contributed by atoms with van der Waals surface area (Å²) in [6.45, 7) is 1.80. The van der Waals surface area contributed by atoms with Crippen molar-refractivity contribution in [2.45, 2.75) is 102 Å². The van der Waals surface area contributed by atoms with Crippen molar-refractivity contribution in [2.24, 2.45) is 11.8 Å². The summed E-state index contributed by atoms with van der Waals surface area (Å²) in [7, 11) is 0. The standard InChI is InChI=1S/C22H36F2O5/c1-2-3-14-22(23,24)20(27)13-12-17-16(18(25)15-19(17)26)10-8-6-4-5-7-9-11-21(28)29/h6,8,16-19,25-26H,2-5,7,9-15H2,1H3,(H,28,29)/t16?,17-,18?,19?/m1/s1. The summed E-state index contributed by atoms with van der Waals surface area (Å²) < 4.78 is 27.7. The molecule has 3 unspecified atom stereocenters. The number of hydrogen-bond donors (Lipinski definition) is 3. The predicted molar refractivity (Wildman–Crippen MR) is 107 cm³/mol. The molecule has 0 heterocycles. The number of carboxylic acid groups (broad SMARTS) is 1. The molecule has 1 rings (SSSR count). The van der Waals surface area contributed by atoms with Crippen LogP contribution in [-0.4, -0.2) is 45.2 Å². The van der Waals surface area contributed by atoms with Crippen LogP contribution in [0.2, 0.25) is 0 Å². The Morgan fingerprint density at radius 1 is 1.00 bits per heavy atom. The summed E-state index contributed by atoms with van der Waals surface area (Å²) in [4.78, 5) is 22.4. The van der Waals surface area contributed by atoms with E-state index in [0.717, 1.165) is 19.3 Å². The van der Waals surface area contributed by atoms with Crippen LogP contribution < -0.4 is 0 Å². The van der Waals surface area contributed by atoms with Crippen LogP contribution in [0, 0.1) is 11.8 Å². The number of aliphatic carboxylic acids is 1. The van der Waals surface area contributed by atoms with Crippen molar-refractivity contribution in [3.05, 3.63) is 12.2 Å². The van der Waals surface area contributed by atoms with Gasteiger partial charge in [0.1, 0.15) is 0 Å². The minimum atomic E-state index is -3.31. The van der Waals surface area contributed by atoms with Gasteiger partial charge in [0.2, 0.25) is 5.78 Å². The number of aliphatic hydroxyl groups is 2. The number of rotatable bonds is 15. The van der Waals surface area contributed by atoms with E-state index in [1.54, 1.807) is 6.92 Å². The molecule has 0 aromatic rings. The number of ketones is 1. The Balaban J connectivity index is 2.43. The Kier molecular flexibility index (Phi) is 11.6. The third-order valence-corrected chi connectivity index (χ3v) is 5.81. The molecule has 7 heteroatoms. The van der Waals surface area contributed by atoms with Gasteiger partial charge in [-0.2, -0.15) is 8.78 Å². The minimum absolute atomic E-state index is 0.159. The van der Waals surface area contributed by atoms with E-state index in [0.29, 0.717) is 25.7 Å². The van der Waals surface area contributed by atoms with Crippen LogP contribution in [0.4, 0.5) is 8.78 Å². The van der Waals surface area contributed by atoms with Crippen molar-refractivity contribution in [1.29, 1.82) is 0 Å². The van der Waals surface area contributed by atoms with Crippen LogP contribution in [0.3, 0.4) is 0 Å². The lowest BCUT2D eigenvalue weighted by molar-refractivity contribution is -0.144. The second-order valence-electron chi connectivity index (χ2n) is 8.17. The van der Waals surface area contributed by atoms with Gasteiger partial charge in [-0.1, -0.05) is 31.9 Å². The van der Waals surface area contributed by atoms with Crippen molar-refractivity contribution in [3.63, 3.8) is 0 Å².